The molecule has 1 aromatic carbocycles. The maximum Gasteiger partial charge on any atom is 0.194 e. The number of thioether (sulfide) groups is 1. The summed E-state index contributed by atoms with van der Waals surface area (Å²) in [7, 11) is 2.10. The molecule has 134 valence electrons. The van der Waals surface area contributed by atoms with Gasteiger partial charge in [-0.25, -0.2) is 0 Å². The summed E-state index contributed by atoms with van der Waals surface area (Å²) in [6, 6.07) is 8.45. The van der Waals surface area contributed by atoms with Crippen LogP contribution < -0.4 is 5.32 Å². The molecule has 0 aromatic heterocycles. The molecule has 6 heteroatoms. The quantitative estimate of drug-likeness (QED) is 0.568. The largest absolute Gasteiger partial charge is 0.381 e. The van der Waals surface area contributed by atoms with E-state index >= 15 is 0 Å². The molecule has 1 saturated heterocycles. The van der Waals surface area contributed by atoms with E-state index in [4.69, 9.17) is 9.73 Å². The summed E-state index contributed by atoms with van der Waals surface area (Å²) in [5.41, 5.74) is 1.27. The molecule has 0 aliphatic carbocycles. The Balaban J connectivity index is 2.04. The molecule has 1 aromatic rings. The van der Waals surface area contributed by atoms with Crippen molar-refractivity contribution >= 4 is 33.7 Å². The Morgan fingerprint density at radius 3 is 2.58 bits per heavy atom. The second kappa shape index (κ2) is 9.68. The minimum Gasteiger partial charge on any atom is -0.381 e. The van der Waals surface area contributed by atoms with E-state index in [2.05, 4.69) is 70.6 Å². The minimum absolute atomic E-state index is 0.220. The Labute approximate surface area is 158 Å². The van der Waals surface area contributed by atoms with Crippen molar-refractivity contribution in [1.29, 1.82) is 0 Å². The van der Waals surface area contributed by atoms with Crippen LogP contribution in [0.5, 0.6) is 0 Å². The Bertz CT molecular complexity index is 530. The number of halogens is 1. The van der Waals surface area contributed by atoms with Gasteiger partial charge in [0.2, 0.25) is 0 Å². The smallest absolute Gasteiger partial charge is 0.194 e. The van der Waals surface area contributed by atoms with E-state index in [-0.39, 0.29) is 4.75 Å². The highest BCUT2D eigenvalue weighted by Crippen LogP contribution is 2.34. The fourth-order valence-electron chi connectivity index (χ4n) is 2.80. The van der Waals surface area contributed by atoms with E-state index in [0.29, 0.717) is 0 Å². The van der Waals surface area contributed by atoms with Gasteiger partial charge in [-0.3, -0.25) is 4.99 Å². The number of rotatable bonds is 6. The van der Waals surface area contributed by atoms with Crippen molar-refractivity contribution in [1.82, 2.24) is 10.2 Å². The van der Waals surface area contributed by atoms with Crippen LogP contribution in [0.2, 0.25) is 0 Å². The maximum atomic E-state index is 5.53. The SMILES string of the molecule is CCNC(=NCC1(SC)CCOCC1)N(C)Cc1ccc(Br)cc1. The number of benzene rings is 1. The van der Waals surface area contributed by atoms with Crippen molar-refractivity contribution in [3.63, 3.8) is 0 Å². The zero-order valence-electron chi connectivity index (χ0n) is 14.8. The second-order valence-electron chi connectivity index (χ2n) is 6.15. The van der Waals surface area contributed by atoms with Crippen LogP contribution in [0.15, 0.2) is 33.7 Å². The van der Waals surface area contributed by atoms with Crippen molar-refractivity contribution in [2.75, 3.05) is 39.6 Å². The van der Waals surface area contributed by atoms with Crippen molar-refractivity contribution in [2.45, 2.75) is 31.1 Å². The lowest BCUT2D eigenvalue weighted by Crippen LogP contribution is -2.41. The highest BCUT2D eigenvalue weighted by Gasteiger charge is 2.31. The van der Waals surface area contributed by atoms with Gasteiger partial charge in [0.05, 0.1) is 6.54 Å². The molecule has 0 saturated carbocycles. The molecule has 4 nitrogen and oxygen atoms in total. The lowest BCUT2D eigenvalue weighted by molar-refractivity contribution is 0.0793. The molecule has 1 N–H and O–H groups in total. The van der Waals surface area contributed by atoms with Gasteiger partial charge in [-0.05, 0) is 43.7 Å². The number of guanidine groups is 1. The van der Waals surface area contributed by atoms with Gasteiger partial charge in [0.25, 0.3) is 0 Å². The van der Waals surface area contributed by atoms with Crippen LogP contribution in [0.1, 0.15) is 25.3 Å². The van der Waals surface area contributed by atoms with Crippen molar-refractivity contribution in [3.8, 4) is 0 Å². The van der Waals surface area contributed by atoms with Crippen LogP contribution in [-0.4, -0.2) is 55.2 Å². The van der Waals surface area contributed by atoms with Crippen LogP contribution in [-0.2, 0) is 11.3 Å². The summed E-state index contributed by atoms with van der Waals surface area (Å²) in [6.45, 7) is 6.36. The zero-order chi connectivity index (χ0) is 17.4. The summed E-state index contributed by atoms with van der Waals surface area (Å²) in [5.74, 6) is 0.973. The molecule has 0 atom stereocenters. The molecule has 24 heavy (non-hydrogen) atoms. The van der Waals surface area contributed by atoms with Crippen molar-refractivity contribution < 1.29 is 4.74 Å². The first kappa shape index (κ1) is 19.6. The molecule has 1 aliphatic rings. The number of hydrogen-bond donors (Lipinski definition) is 1. The number of aliphatic imine (C=N–C) groups is 1. The first-order valence-electron chi connectivity index (χ1n) is 8.45. The maximum absolute atomic E-state index is 5.53. The third-order valence-corrected chi connectivity index (χ3v) is 6.32. The van der Waals surface area contributed by atoms with Crippen LogP contribution in [0.25, 0.3) is 0 Å². The minimum atomic E-state index is 0.220. The van der Waals surface area contributed by atoms with Crippen LogP contribution in [0.4, 0.5) is 0 Å². The molecular weight excluding hydrogens is 386 g/mol. The Hall–Kier alpha value is -0.720. The van der Waals surface area contributed by atoms with Crippen molar-refractivity contribution in [2.24, 2.45) is 4.99 Å². The summed E-state index contributed by atoms with van der Waals surface area (Å²) in [4.78, 5) is 7.13. The molecular formula is C18H28BrN3OS. The molecule has 0 spiro atoms. The Morgan fingerprint density at radius 2 is 2.00 bits per heavy atom. The monoisotopic (exact) mass is 413 g/mol. The number of nitrogens with one attached hydrogen (secondary N) is 1. The van der Waals surface area contributed by atoms with Gasteiger partial charge >= 0.3 is 0 Å². The molecule has 0 unspecified atom stereocenters. The Morgan fingerprint density at radius 1 is 1.33 bits per heavy atom. The molecule has 0 amide bonds. The lowest BCUT2D eigenvalue weighted by atomic mass is 9.99. The van der Waals surface area contributed by atoms with Gasteiger partial charge in [0.1, 0.15) is 0 Å². The van der Waals surface area contributed by atoms with Crippen LogP contribution in [0.3, 0.4) is 0 Å². The van der Waals surface area contributed by atoms with Gasteiger partial charge < -0.3 is 15.0 Å². The molecule has 0 radical (unpaired) electrons. The number of ether oxygens (including phenoxy) is 1. The number of hydrogen-bond acceptors (Lipinski definition) is 3. The van der Waals surface area contributed by atoms with E-state index in [1.54, 1.807) is 0 Å². The summed E-state index contributed by atoms with van der Waals surface area (Å²) >= 11 is 5.42. The van der Waals surface area contributed by atoms with E-state index < -0.39 is 0 Å². The highest BCUT2D eigenvalue weighted by molar-refractivity contribution is 9.10. The van der Waals surface area contributed by atoms with Gasteiger partial charge in [0.15, 0.2) is 5.96 Å². The summed E-state index contributed by atoms with van der Waals surface area (Å²) < 4.78 is 6.85. The van der Waals surface area contributed by atoms with Crippen LogP contribution >= 0.6 is 27.7 Å². The average Bonchev–Trinajstić information content (AvgIpc) is 2.61. The summed E-state index contributed by atoms with van der Waals surface area (Å²) in [5, 5.41) is 3.42. The fourth-order valence-corrected chi connectivity index (χ4v) is 3.83. The molecule has 1 aliphatic heterocycles. The zero-order valence-corrected chi connectivity index (χ0v) is 17.3. The van der Waals surface area contributed by atoms with E-state index in [1.807, 2.05) is 11.8 Å². The second-order valence-corrected chi connectivity index (χ2v) is 8.34. The molecule has 2 rings (SSSR count). The van der Waals surface area contributed by atoms with Gasteiger partial charge in [-0.15, -0.1) is 0 Å². The Kier molecular flexibility index (Phi) is 7.91. The molecule has 0 bridgehead atoms. The molecule has 1 fully saturated rings. The van der Waals surface area contributed by atoms with Crippen molar-refractivity contribution in [3.05, 3.63) is 34.3 Å². The normalized spacial score (nSPS) is 17.6. The lowest BCUT2D eigenvalue weighted by Gasteiger charge is -2.34. The van der Waals surface area contributed by atoms with Gasteiger partial charge in [0, 0.05) is 42.6 Å². The highest BCUT2D eigenvalue weighted by atomic mass is 79.9. The van der Waals surface area contributed by atoms with Gasteiger partial charge in [-0.1, -0.05) is 28.1 Å². The predicted octanol–water partition coefficient (Wildman–Crippen LogP) is 3.76. The standard InChI is InChI=1S/C18H28BrN3OS/c1-4-20-17(21-14-18(24-3)9-11-23-12-10-18)22(2)13-15-5-7-16(19)8-6-15/h5-8H,4,9-14H2,1-3H3,(H,20,21). The first-order chi connectivity index (χ1) is 11.6. The van der Waals surface area contributed by atoms with E-state index in [9.17, 15) is 0 Å². The topological polar surface area (TPSA) is 36.9 Å². The van der Waals surface area contributed by atoms with E-state index in [0.717, 1.165) is 56.1 Å². The van der Waals surface area contributed by atoms with Gasteiger partial charge in [-0.2, -0.15) is 11.8 Å². The fraction of sp³-hybridized carbons (Fsp3) is 0.611. The third kappa shape index (κ3) is 5.67. The predicted molar refractivity (Wildman–Crippen MR) is 108 cm³/mol. The average molecular weight is 414 g/mol. The first-order valence-corrected chi connectivity index (χ1v) is 10.5. The van der Waals surface area contributed by atoms with Crippen LogP contribution in [0, 0.1) is 0 Å². The number of nitrogens with zero attached hydrogens (tertiary/aromatic N) is 2. The third-order valence-electron chi connectivity index (χ3n) is 4.38. The van der Waals surface area contributed by atoms with E-state index in [1.165, 1.54) is 5.56 Å². The summed E-state index contributed by atoms with van der Waals surface area (Å²) in [6.07, 6.45) is 4.35. The molecule has 1 heterocycles.